The number of aliphatic carboxylic acids is 1. The Morgan fingerprint density at radius 3 is 2.30 bits per heavy atom. The summed E-state index contributed by atoms with van der Waals surface area (Å²) in [5, 5.41) is 8.79. The Bertz CT molecular complexity index is 742. The fraction of sp³-hybridized carbons (Fsp3) is 0.214. The molecule has 0 aliphatic carbocycles. The minimum absolute atomic E-state index is 0.184. The zero-order valence-electron chi connectivity index (χ0n) is 11.2. The van der Waals surface area contributed by atoms with Crippen LogP contribution in [0.25, 0.3) is 0 Å². The molecule has 5 nitrogen and oxygen atoms in total. The number of nitrogens with zero attached hydrogens (tertiary/aromatic N) is 1. The highest BCUT2D eigenvalue weighted by Gasteiger charge is 2.20. The third-order valence-corrected chi connectivity index (χ3v) is 4.91. The maximum atomic E-state index is 12.5. The van der Waals surface area contributed by atoms with Crippen LogP contribution in [0.3, 0.4) is 0 Å². The average Bonchev–Trinajstić information content (AvgIpc) is 2.71. The lowest BCUT2D eigenvalue weighted by molar-refractivity contribution is -0.136. The van der Waals surface area contributed by atoms with Crippen molar-refractivity contribution in [2.24, 2.45) is 0 Å². The number of carboxylic acids is 1. The van der Waals surface area contributed by atoms with Gasteiger partial charge in [-0.15, -0.1) is 0 Å². The van der Waals surface area contributed by atoms with E-state index >= 15 is 0 Å². The van der Waals surface area contributed by atoms with Gasteiger partial charge in [-0.25, -0.2) is 12.4 Å². The molecule has 0 atom stereocenters. The van der Waals surface area contributed by atoms with Crippen LogP contribution in [0.15, 0.2) is 41.4 Å². The van der Waals surface area contributed by atoms with Gasteiger partial charge >= 0.3 is 5.97 Å². The number of hydrogen-bond acceptors (Lipinski definition) is 3. The highest BCUT2D eigenvalue weighted by Crippen LogP contribution is 2.20. The molecule has 0 spiro atoms. The van der Waals surface area contributed by atoms with E-state index in [1.807, 2.05) is 6.92 Å². The number of carbonyl (C=O) groups is 1. The second kappa shape index (κ2) is 5.13. The van der Waals surface area contributed by atoms with Gasteiger partial charge in [-0.3, -0.25) is 4.79 Å². The molecular formula is C14H15NO4S. The van der Waals surface area contributed by atoms with Crippen molar-refractivity contribution >= 4 is 16.0 Å². The van der Waals surface area contributed by atoms with Gasteiger partial charge in [0.05, 0.1) is 11.3 Å². The lowest BCUT2D eigenvalue weighted by Crippen LogP contribution is -2.14. The van der Waals surface area contributed by atoms with Gasteiger partial charge in [-0.05, 0) is 37.6 Å². The molecule has 0 saturated carbocycles. The van der Waals surface area contributed by atoms with Gasteiger partial charge in [0.25, 0.3) is 10.0 Å². The van der Waals surface area contributed by atoms with E-state index in [1.165, 1.54) is 12.3 Å². The first-order chi connectivity index (χ1) is 9.32. The largest absolute Gasteiger partial charge is 0.481 e. The molecule has 1 N–H and O–H groups in total. The van der Waals surface area contributed by atoms with Gasteiger partial charge in [0.15, 0.2) is 0 Å². The zero-order valence-corrected chi connectivity index (χ0v) is 12.0. The van der Waals surface area contributed by atoms with E-state index < -0.39 is 16.0 Å². The molecule has 20 heavy (non-hydrogen) atoms. The lowest BCUT2D eigenvalue weighted by Gasteiger charge is -2.09. The first-order valence-corrected chi connectivity index (χ1v) is 7.47. The molecule has 6 heteroatoms. The quantitative estimate of drug-likeness (QED) is 0.935. The van der Waals surface area contributed by atoms with Crippen molar-refractivity contribution in [1.29, 1.82) is 0 Å². The van der Waals surface area contributed by atoms with Crippen LogP contribution in [-0.4, -0.2) is 23.5 Å². The lowest BCUT2D eigenvalue weighted by atomic mass is 10.2. The number of aromatic nitrogens is 1. The van der Waals surface area contributed by atoms with E-state index in [9.17, 15) is 13.2 Å². The maximum absolute atomic E-state index is 12.5. The molecule has 2 aromatic rings. The summed E-state index contributed by atoms with van der Waals surface area (Å²) in [4.78, 5) is 10.9. The summed E-state index contributed by atoms with van der Waals surface area (Å²) in [6.45, 7) is 3.48. The molecule has 1 heterocycles. The second-order valence-electron chi connectivity index (χ2n) is 4.61. The van der Waals surface area contributed by atoms with Gasteiger partial charge in [0, 0.05) is 11.9 Å². The van der Waals surface area contributed by atoms with E-state index in [-0.39, 0.29) is 11.3 Å². The molecule has 0 amide bonds. The fourth-order valence-electron chi connectivity index (χ4n) is 1.97. The van der Waals surface area contributed by atoms with Crippen LogP contribution in [-0.2, 0) is 21.2 Å². The van der Waals surface area contributed by atoms with Gasteiger partial charge in [0.1, 0.15) is 0 Å². The van der Waals surface area contributed by atoms with Gasteiger partial charge in [-0.1, -0.05) is 17.7 Å². The van der Waals surface area contributed by atoms with Crippen molar-refractivity contribution in [2.45, 2.75) is 25.2 Å². The van der Waals surface area contributed by atoms with Crippen molar-refractivity contribution in [1.82, 2.24) is 3.97 Å². The summed E-state index contributed by atoms with van der Waals surface area (Å²) >= 11 is 0. The Morgan fingerprint density at radius 2 is 1.75 bits per heavy atom. The molecule has 0 fully saturated rings. The van der Waals surface area contributed by atoms with Crippen molar-refractivity contribution in [3.63, 3.8) is 0 Å². The summed E-state index contributed by atoms with van der Waals surface area (Å²) in [6.07, 6.45) is 1.20. The normalized spacial score (nSPS) is 11.5. The predicted octanol–water partition coefficient (Wildman–Crippen LogP) is 1.97. The standard InChI is InChI=1S/C14H15NO4S/c1-10-3-5-13(6-4-10)20(18,19)15-8-7-12(11(15)2)9-14(16)17/h3-8H,9H2,1-2H3,(H,16,17). The van der Waals surface area contributed by atoms with Crippen molar-refractivity contribution in [2.75, 3.05) is 0 Å². The first-order valence-electron chi connectivity index (χ1n) is 6.03. The minimum atomic E-state index is -3.68. The maximum Gasteiger partial charge on any atom is 0.307 e. The first kappa shape index (κ1) is 14.3. The van der Waals surface area contributed by atoms with Crippen LogP contribution in [0.1, 0.15) is 16.8 Å². The third kappa shape index (κ3) is 2.60. The topological polar surface area (TPSA) is 76.4 Å². The van der Waals surface area contributed by atoms with E-state index in [2.05, 4.69) is 0 Å². The average molecular weight is 293 g/mol. The Hall–Kier alpha value is -2.08. The van der Waals surface area contributed by atoms with Gasteiger partial charge in [-0.2, -0.15) is 0 Å². The summed E-state index contributed by atoms with van der Waals surface area (Å²) < 4.78 is 26.1. The summed E-state index contributed by atoms with van der Waals surface area (Å²) in [5.74, 6) is -0.987. The Labute approximate surface area is 117 Å². The molecule has 0 saturated heterocycles. The molecule has 106 valence electrons. The molecule has 0 aliphatic rings. The molecule has 0 unspecified atom stereocenters. The van der Waals surface area contributed by atoms with Crippen LogP contribution < -0.4 is 0 Å². The van der Waals surface area contributed by atoms with Gasteiger partial charge < -0.3 is 5.11 Å². The second-order valence-corrected chi connectivity index (χ2v) is 6.43. The van der Waals surface area contributed by atoms with Crippen LogP contribution >= 0.6 is 0 Å². The van der Waals surface area contributed by atoms with Crippen molar-refractivity contribution in [3.05, 3.63) is 53.3 Å². The highest BCUT2D eigenvalue weighted by atomic mass is 32.2. The Balaban J connectivity index is 2.47. The Kier molecular flexibility index (Phi) is 3.67. The zero-order chi connectivity index (χ0) is 14.9. The van der Waals surface area contributed by atoms with E-state index in [1.54, 1.807) is 31.2 Å². The summed E-state index contributed by atoms with van der Waals surface area (Å²) in [6, 6.07) is 8.06. The third-order valence-electron chi connectivity index (χ3n) is 3.13. The predicted molar refractivity (Wildman–Crippen MR) is 74.3 cm³/mol. The summed E-state index contributed by atoms with van der Waals surface area (Å²) in [5.41, 5.74) is 1.89. The van der Waals surface area contributed by atoms with E-state index in [0.29, 0.717) is 11.3 Å². The number of carboxylic acid groups (broad SMARTS) is 1. The Morgan fingerprint density at radius 1 is 1.15 bits per heavy atom. The fourth-order valence-corrected chi connectivity index (χ4v) is 3.37. The van der Waals surface area contributed by atoms with Gasteiger partial charge in [0.2, 0.25) is 0 Å². The van der Waals surface area contributed by atoms with Crippen molar-refractivity contribution in [3.8, 4) is 0 Å². The van der Waals surface area contributed by atoms with Crippen molar-refractivity contribution < 1.29 is 18.3 Å². The number of hydrogen-bond donors (Lipinski definition) is 1. The molecule has 1 aromatic carbocycles. The smallest absolute Gasteiger partial charge is 0.307 e. The number of rotatable bonds is 4. The number of aryl methyl sites for hydroxylation is 1. The molecule has 0 radical (unpaired) electrons. The molecule has 0 bridgehead atoms. The van der Waals surface area contributed by atoms with Crippen LogP contribution in [0, 0.1) is 13.8 Å². The van der Waals surface area contributed by atoms with Crippen LogP contribution in [0.2, 0.25) is 0 Å². The summed E-state index contributed by atoms with van der Waals surface area (Å²) in [7, 11) is -3.68. The molecule has 1 aromatic heterocycles. The van der Waals surface area contributed by atoms with E-state index in [4.69, 9.17) is 5.11 Å². The van der Waals surface area contributed by atoms with Crippen LogP contribution in [0.5, 0.6) is 0 Å². The molecular weight excluding hydrogens is 278 g/mol. The number of benzene rings is 1. The minimum Gasteiger partial charge on any atom is -0.481 e. The monoisotopic (exact) mass is 293 g/mol. The molecule has 0 aliphatic heterocycles. The molecule has 2 rings (SSSR count). The van der Waals surface area contributed by atoms with Crippen LogP contribution in [0.4, 0.5) is 0 Å². The SMILES string of the molecule is Cc1ccc(S(=O)(=O)n2ccc(CC(=O)O)c2C)cc1. The van der Waals surface area contributed by atoms with E-state index in [0.717, 1.165) is 9.54 Å². The highest BCUT2D eigenvalue weighted by molar-refractivity contribution is 7.90.